The molecule has 53 heavy (non-hydrogen) atoms. The van der Waals surface area contributed by atoms with Crippen LogP contribution >= 0.6 is 0 Å². The second-order valence-electron chi connectivity index (χ2n) is 17.2. The first-order valence-corrected chi connectivity index (χ1v) is 24.9. The molecule has 0 aliphatic rings. The molecule has 0 spiro atoms. The van der Waals surface area contributed by atoms with Crippen molar-refractivity contribution in [2.24, 2.45) is 0 Å². The predicted molar refractivity (Wildman–Crippen MR) is 235 cm³/mol. The summed E-state index contributed by atoms with van der Waals surface area (Å²) >= 11 is 0. The molecule has 0 aliphatic carbocycles. The van der Waals surface area contributed by atoms with Crippen LogP contribution in [-0.4, -0.2) is 11.9 Å². The predicted octanol–water partition coefficient (Wildman–Crippen LogP) is 18.0. The van der Waals surface area contributed by atoms with Crippen LogP contribution in [0.5, 0.6) is 0 Å². The van der Waals surface area contributed by atoms with Gasteiger partial charge in [0.25, 0.3) is 0 Å². The molecule has 0 N–H and O–H groups in total. The molecular weight excluding hydrogens is 649 g/mol. The molecule has 3 heteroatoms. The van der Waals surface area contributed by atoms with Crippen LogP contribution in [-0.2, 0) is 14.3 Å². The highest BCUT2D eigenvalue weighted by molar-refractivity contribution is 5.85. The van der Waals surface area contributed by atoms with Gasteiger partial charge in [-0.2, -0.15) is 0 Å². The van der Waals surface area contributed by atoms with Gasteiger partial charge in [0.15, 0.2) is 0 Å². The van der Waals surface area contributed by atoms with E-state index in [4.69, 9.17) is 4.74 Å². The van der Waals surface area contributed by atoms with Gasteiger partial charge in [-0.05, 0) is 12.8 Å². The van der Waals surface area contributed by atoms with Gasteiger partial charge in [-0.1, -0.05) is 284 Å². The van der Waals surface area contributed by atoms with Crippen molar-refractivity contribution in [3.63, 3.8) is 0 Å². The standard InChI is InChI=1S/C50H98O3/c1-3-5-7-9-11-13-15-17-19-21-23-25-27-29-31-33-35-37-39-41-43-45-47-49(51)53-50(52)48-46-44-42-40-38-36-34-32-30-28-26-24-22-20-18-16-14-12-10-8-6-4-2/h3-48H2,1-2H3. The lowest BCUT2D eigenvalue weighted by molar-refractivity contribution is -0.159. The molecular formula is C50H98O3. The van der Waals surface area contributed by atoms with E-state index < -0.39 is 0 Å². The highest BCUT2D eigenvalue weighted by Crippen LogP contribution is 2.18. The molecule has 0 bridgehead atoms. The van der Waals surface area contributed by atoms with E-state index in [0.717, 1.165) is 25.7 Å². The number of unbranched alkanes of at least 4 members (excludes halogenated alkanes) is 42. The van der Waals surface area contributed by atoms with Crippen LogP contribution in [0.15, 0.2) is 0 Å². The Kier molecular flexibility index (Phi) is 46.5. The van der Waals surface area contributed by atoms with Crippen molar-refractivity contribution < 1.29 is 14.3 Å². The minimum absolute atomic E-state index is 0.318. The van der Waals surface area contributed by atoms with E-state index in [9.17, 15) is 9.59 Å². The van der Waals surface area contributed by atoms with Crippen LogP contribution in [0, 0.1) is 0 Å². The first-order chi connectivity index (χ1) is 26.2. The first kappa shape index (κ1) is 52.1. The van der Waals surface area contributed by atoms with Crippen LogP contribution in [0.25, 0.3) is 0 Å². The highest BCUT2D eigenvalue weighted by atomic mass is 16.6. The van der Waals surface area contributed by atoms with Crippen LogP contribution < -0.4 is 0 Å². The van der Waals surface area contributed by atoms with Crippen molar-refractivity contribution in [2.75, 3.05) is 0 Å². The monoisotopic (exact) mass is 747 g/mol. The lowest BCUT2D eigenvalue weighted by Crippen LogP contribution is -2.11. The van der Waals surface area contributed by atoms with Crippen molar-refractivity contribution in [3.8, 4) is 0 Å². The van der Waals surface area contributed by atoms with E-state index in [0.29, 0.717) is 12.8 Å². The Labute approximate surface area is 334 Å². The molecule has 0 radical (unpaired) electrons. The Hall–Kier alpha value is -0.860. The van der Waals surface area contributed by atoms with E-state index in [1.807, 2.05) is 0 Å². The maximum absolute atomic E-state index is 12.0. The van der Waals surface area contributed by atoms with E-state index in [2.05, 4.69) is 13.8 Å². The summed E-state index contributed by atoms with van der Waals surface area (Å²) in [4.78, 5) is 24.1. The number of ether oxygens (including phenoxy) is 1. The van der Waals surface area contributed by atoms with E-state index in [1.54, 1.807) is 0 Å². The fourth-order valence-electron chi connectivity index (χ4n) is 7.99. The van der Waals surface area contributed by atoms with Crippen LogP contribution in [0.1, 0.15) is 309 Å². The second-order valence-corrected chi connectivity index (χ2v) is 17.2. The number of hydrogen-bond donors (Lipinski definition) is 0. The lowest BCUT2D eigenvalue weighted by atomic mass is 10.0. The van der Waals surface area contributed by atoms with E-state index in [1.165, 1.54) is 257 Å². The van der Waals surface area contributed by atoms with E-state index >= 15 is 0 Å². The van der Waals surface area contributed by atoms with Gasteiger partial charge in [-0.15, -0.1) is 0 Å². The zero-order valence-electron chi connectivity index (χ0n) is 36.8. The maximum Gasteiger partial charge on any atom is 0.313 e. The Bertz CT molecular complexity index is 645. The first-order valence-electron chi connectivity index (χ1n) is 24.9. The smallest absolute Gasteiger partial charge is 0.313 e. The zero-order valence-corrected chi connectivity index (χ0v) is 36.8. The SMILES string of the molecule is CCCCCCCCCCCCCCCCCCCCCCCCC(=O)OC(=O)CCCCCCCCCCCCCCCCCCCCCCCC. The molecule has 0 saturated heterocycles. The van der Waals surface area contributed by atoms with Gasteiger partial charge in [-0.25, -0.2) is 0 Å². The Morgan fingerprint density at radius 1 is 0.226 bits per heavy atom. The Morgan fingerprint density at radius 3 is 0.509 bits per heavy atom. The fourth-order valence-corrected chi connectivity index (χ4v) is 7.99. The summed E-state index contributed by atoms with van der Waals surface area (Å²) in [6, 6.07) is 0. The van der Waals surface area contributed by atoms with Gasteiger partial charge in [-0.3, -0.25) is 9.59 Å². The van der Waals surface area contributed by atoms with Gasteiger partial charge in [0.1, 0.15) is 0 Å². The average Bonchev–Trinajstić information content (AvgIpc) is 3.15. The molecule has 0 rings (SSSR count). The summed E-state index contributed by atoms with van der Waals surface area (Å²) in [7, 11) is 0. The summed E-state index contributed by atoms with van der Waals surface area (Å²) in [5.41, 5.74) is 0. The van der Waals surface area contributed by atoms with Crippen molar-refractivity contribution in [1.82, 2.24) is 0 Å². The van der Waals surface area contributed by atoms with Gasteiger partial charge >= 0.3 is 11.9 Å². The third-order valence-electron chi connectivity index (χ3n) is 11.7. The number of carbonyl (C=O) groups excluding carboxylic acids is 2. The molecule has 0 saturated carbocycles. The third-order valence-corrected chi connectivity index (χ3v) is 11.7. The van der Waals surface area contributed by atoms with Gasteiger partial charge < -0.3 is 4.74 Å². The molecule has 0 fully saturated rings. The van der Waals surface area contributed by atoms with Crippen molar-refractivity contribution in [1.29, 1.82) is 0 Å². The van der Waals surface area contributed by atoms with Crippen LogP contribution in [0.3, 0.4) is 0 Å². The molecule has 0 amide bonds. The topological polar surface area (TPSA) is 43.4 Å². The molecule has 0 aliphatic heterocycles. The molecule has 316 valence electrons. The number of esters is 2. The molecule has 0 aromatic rings. The molecule has 0 unspecified atom stereocenters. The number of hydrogen-bond acceptors (Lipinski definition) is 3. The van der Waals surface area contributed by atoms with Crippen molar-refractivity contribution in [3.05, 3.63) is 0 Å². The Balaban J connectivity index is 3.24. The van der Waals surface area contributed by atoms with Crippen LogP contribution in [0.4, 0.5) is 0 Å². The number of carbonyl (C=O) groups is 2. The van der Waals surface area contributed by atoms with Gasteiger partial charge in [0, 0.05) is 12.8 Å². The van der Waals surface area contributed by atoms with Crippen LogP contribution in [0.2, 0.25) is 0 Å². The summed E-state index contributed by atoms with van der Waals surface area (Å²) in [6.07, 6.45) is 60.7. The summed E-state index contributed by atoms with van der Waals surface area (Å²) in [5.74, 6) is -0.635. The molecule has 0 aromatic carbocycles. The van der Waals surface area contributed by atoms with E-state index in [-0.39, 0.29) is 11.9 Å². The third kappa shape index (κ3) is 47.2. The summed E-state index contributed by atoms with van der Waals surface area (Å²) in [5, 5.41) is 0. The maximum atomic E-state index is 12.0. The zero-order chi connectivity index (χ0) is 38.4. The highest BCUT2D eigenvalue weighted by Gasteiger charge is 2.10. The normalized spacial score (nSPS) is 11.4. The van der Waals surface area contributed by atoms with Gasteiger partial charge in [0.05, 0.1) is 0 Å². The second kappa shape index (κ2) is 47.3. The minimum atomic E-state index is -0.318. The van der Waals surface area contributed by atoms with Crippen molar-refractivity contribution >= 4 is 11.9 Å². The minimum Gasteiger partial charge on any atom is -0.393 e. The quantitative estimate of drug-likeness (QED) is 0.0354. The molecule has 3 nitrogen and oxygen atoms in total. The molecule has 0 heterocycles. The average molecular weight is 747 g/mol. The molecule has 0 aromatic heterocycles. The fraction of sp³-hybridized carbons (Fsp3) is 0.960. The summed E-state index contributed by atoms with van der Waals surface area (Å²) in [6.45, 7) is 4.59. The lowest BCUT2D eigenvalue weighted by Gasteiger charge is -2.05. The largest absolute Gasteiger partial charge is 0.393 e. The molecule has 0 atom stereocenters. The Morgan fingerprint density at radius 2 is 0.358 bits per heavy atom. The summed E-state index contributed by atoms with van der Waals surface area (Å²) < 4.78 is 5.07. The number of rotatable bonds is 46. The van der Waals surface area contributed by atoms with Crippen molar-refractivity contribution in [2.45, 2.75) is 309 Å². The van der Waals surface area contributed by atoms with Gasteiger partial charge in [0.2, 0.25) is 0 Å².